The maximum absolute atomic E-state index is 13.8. The second-order valence-electron chi connectivity index (χ2n) is 6.30. The monoisotopic (exact) mass is 403 g/mol. The van der Waals surface area contributed by atoms with Crippen LogP contribution in [0.15, 0.2) is 41.0 Å². The van der Waals surface area contributed by atoms with E-state index in [-0.39, 0.29) is 18.3 Å². The molecule has 1 aliphatic heterocycles. The van der Waals surface area contributed by atoms with Gasteiger partial charge in [0.25, 0.3) is 0 Å². The summed E-state index contributed by atoms with van der Waals surface area (Å²) >= 11 is 3.17. The standard InChI is InChI=1S/C19H19BrFN3O/c20-17-3-2-15(9-18(17)21)16(12-25)14-5-7-24(8-6-14)19-4-1-13(10-22)11-23-19/h1-4,9,11,14,16,25H,5-8,12H2. The number of piperidine rings is 1. The van der Waals surface area contributed by atoms with Crippen LogP contribution in [0.25, 0.3) is 0 Å². The van der Waals surface area contributed by atoms with Crippen molar-refractivity contribution in [2.75, 3.05) is 24.6 Å². The van der Waals surface area contributed by atoms with E-state index in [2.05, 4.69) is 31.9 Å². The van der Waals surface area contributed by atoms with Crippen LogP contribution >= 0.6 is 15.9 Å². The molecule has 1 saturated heterocycles. The van der Waals surface area contributed by atoms with E-state index in [4.69, 9.17) is 5.26 Å². The number of hydrogen-bond acceptors (Lipinski definition) is 4. The van der Waals surface area contributed by atoms with Crippen molar-refractivity contribution in [1.82, 2.24) is 4.98 Å². The van der Waals surface area contributed by atoms with Gasteiger partial charge < -0.3 is 10.0 Å². The van der Waals surface area contributed by atoms with E-state index in [9.17, 15) is 9.50 Å². The first-order valence-electron chi connectivity index (χ1n) is 8.29. The summed E-state index contributed by atoms with van der Waals surface area (Å²) in [6.07, 6.45) is 3.40. The third-order valence-electron chi connectivity index (χ3n) is 4.88. The average Bonchev–Trinajstić information content (AvgIpc) is 2.66. The first-order valence-corrected chi connectivity index (χ1v) is 9.08. The minimum absolute atomic E-state index is 0.0147. The highest BCUT2D eigenvalue weighted by molar-refractivity contribution is 9.10. The first-order chi connectivity index (χ1) is 12.1. The Morgan fingerprint density at radius 3 is 2.64 bits per heavy atom. The van der Waals surface area contributed by atoms with Crippen LogP contribution in [0.3, 0.4) is 0 Å². The molecule has 1 atom stereocenters. The lowest BCUT2D eigenvalue weighted by atomic mass is 9.80. The van der Waals surface area contributed by atoms with E-state index in [1.54, 1.807) is 18.3 Å². The number of pyridine rings is 1. The van der Waals surface area contributed by atoms with Crippen LogP contribution < -0.4 is 4.90 Å². The summed E-state index contributed by atoms with van der Waals surface area (Å²) in [5.41, 5.74) is 1.40. The number of hydrogen-bond donors (Lipinski definition) is 1. The molecule has 1 unspecified atom stereocenters. The van der Waals surface area contributed by atoms with Gasteiger partial charge in [0.05, 0.1) is 16.6 Å². The summed E-state index contributed by atoms with van der Waals surface area (Å²) < 4.78 is 14.3. The Balaban J connectivity index is 1.67. The van der Waals surface area contributed by atoms with Crippen molar-refractivity contribution in [2.24, 2.45) is 5.92 Å². The number of rotatable bonds is 4. The van der Waals surface area contributed by atoms with Crippen molar-refractivity contribution in [3.63, 3.8) is 0 Å². The molecule has 1 aromatic heterocycles. The van der Waals surface area contributed by atoms with Gasteiger partial charge in [-0.3, -0.25) is 0 Å². The van der Waals surface area contributed by atoms with E-state index in [0.717, 1.165) is 37.3 Å². The van der Waals surface area contributed by atoms with Gasteiger partial charge >= 0.3 is 0 Å². The zero-order valence-electron chi connectivity index (χ0n) is 13.7. The van der Waals surface area contributed by atoms with Crippen LogP contribution in [0.2, 0.25) is 0 Å². The molecule has 25 heavy (non-hydrogen) atoms. The minimum Gasteiger partial charge on any atom is -0.396 e. The molecule has 130 valence electrons. The fourth-order valence-electron chi connectivity index (χ4n) is 3.44. The highest BCUT2D eigenvalue weighted by Gasteiger charge is 2.28. The molecule has 1 fully saturated rings. The van der Waals surface area contributed by atoms with Gasteiger partial charge in [-0.2, -0.15) is 5.26 Å². The van der Waals surface area contributed by atoms with E-state index in [1.807, 2.05) is 12.1 Å². The smallest absolute Gasteiger partial charge is 0.137 e. The highest BCUT2D eigenvalue weighted by atomic mass is 79.9. The predicted molar refractivity (Wildman–Crippen MR) is 97.8 cm³/mol. The topological polar surface area (TPSA) is 60.2 Å². The summed E-state index contributed by atoms with van der Waals surface area (Å²) in [5.74, 6) is 0.821. The van der Waals surface area contributed by atoms with Crippen LogP contribution in [0.5, 0.6) is 0 Å². The van der Waals surface area contributed by atoms with Crippen LogP contribution in [0.4, 0.5) is 10.2 Å². The molecule has 0 bridgehead atoms. The second-order valence-corrected chi connectivity index (χ2v) is 7.16. The Labute approximate surface area is 155 Å². The summed E-state index contributed by atoms with van der Waals surface area (Å²) in [5, 5.41) is 18.7. The Bertz CT molecular complexity index is 767. The van der Waals surface area contributed by atoms with Crippen molar-refractivity contribution in [3.05, 3.63) is 57.9 Å². The molecule has 6 heteroatoms. The molecule has 0 aliphatic carbocycles. The molecule has 2 heterocycles. The largest absolute Gasteiger partial charge is 0.396 e. The normalized spacial score (nSPS) is 16.5. The van der Waals surface area contributed by atoms with E-state index < -0.39 is 0 Å². The number of anilines is 1. The van der Waals surface area contributed by atoms with Gasteiger partial charge in [0.2, 0.25) is 0 Å². The molecule has 1 aromatic carbocycles. The molecule has 0 saturated carbocycles. The number of aliphatic hydroxyl groups is 1. The van der Waals surface area contributed by atoms with Crippen molar-refractivity contribution in [3.8, 4) is 6.07 Å². The van der Waals surface area contributed by atoms with Gasteiger partial charge in [-0.25, -0.2) is 9.37 Å². The number of aromatic nitrogens is 1. The third-order valence-corrected chi connectivity index (χ3v) is 5.52. The van der Waals surface area contributed by atoms with E-state index >= 15 is 0 Å². The van der Waals surface area contributed by atoms with Crippen molar-refractivity contribution < 1.29 is 9.50 Å². The SMILES string of the molecule is N#Cc1ccc(N2CCC(C(CO)c3ccc(Br)c(F)c3)CC2)nc1. The van der Waals surface area contributed by atoms with Gasteiger partial charge in [-0.05, 0) is 64.5 Å². The lowest BCUT2D eigenvalue weighted by molar-refractivity contribution is 0.206. The predicted octanol–water partition coefficient (Wildman–Crippen LogP) is 3.85. The Kier molecular flexibility index (Phi) is 5.67. The maximum Gasteiger partial charge on any atom is 0.137 e. The van der Waals surface area contributed by atoms with E-state index in [1.165, 1.54) is 6.07 Å². The molecule has 2 aromatic rings. The Morgan fingerprint density at radius 1 is 1.32 bits per heavy atom. The molecular formula is C19H19BrFN3O. The lowest BCUT2D eigenvalue weighted by Gasteiger charge is -2.36. The van der Waals surface area contributed by atoms with Crippen molar-refractivity contribution >= 4 is 21.7 Å². The molecular weight excluding hydrogens is 385 g/mol. The zero-order valence-corrected chi connectivity index (χ0v) is 15.3. The van der Waals surface area contributed by atoms with Gasteiger partial charge in [-0.15, -0.1) is 0 Å². The van der Waals surface area contributed by atoms with Gasteiger partial charge in [-0.1, -0.05) is 6.07 Å². The van der Waals surface area contributed by atoms with Crippen LogP contribution in [0, 0.1) is 23.1 Å². The Morgan fingerprint density at radius 2 is 2.08 bits per heavy atom. The lowest BCUT2D eigenvalue weighted by Crippen LogP contribution is -2.36. The molecule has 1 aliphatic rings. The van der Waals surface area contributed by atoms with Crippen molar-refractivity contribution in [2.45, 2.75) is 18.8 Å². The fourth-order valence-corrected chi connectivity index (χ4v) is 3.69. The fraction of sp³-hybridized carbons (Fsp3) is 0.368. The van der Waals surface area contributed by atoms with Crippen molar-refractivity contribution in [1.29, 1.82) is 5.26 Å². The Hall–Kier alpha value is -1.97. The molecule has 4 nitrogen and oxygen atoms in total. The number of halogens is 2. The van der Waals surface area contributed by atoms with Crippen LogP contribution in [-0.2, 0) is 0 Å². The summed E-state index contributed by atoms with van der Waals surface area (Å²) in [6, 6.07) is 10.8. The minimum atomic E-state index is -0.296. The number of nitriles is 1. The quantitative estimate of drug-likeness (QED) is 0.841. The zero-order chi connectivity index (χ0) is 17.8. The summed E-state index contributed by atoms with van der Waals surface area (Å²) in [4.78, 5) is 6.53. The molecule has 0 radical (unpaired) electrons. The van der Waals surface area contributed by atoms with E-state index in [0.29, 0.717) is 16.0 Å². The second kappa shape index (κ2) is 7.94. The average molecular weight is 404 g/mol. The van der Waals surface area contributed by atoms with Crippen LogP contribution in [0.1, 0.15) is 29.9 Å². The number of nitrogens with zero attached hydrogens (tertiary/aromatic N) is 3. The highest BCUT2D eigenvalue weighted by Crippen LogP contribution is 2.34. The van der Waals surface area contributed by atoms with Gasteiger partial charge in [0, 0.05) is 25.2 Å². The summed E-state index contributed by atoms with van der Waals surface area (Å²) in [7, 11) is 0. The van der Waals surface area contributed by atoms with Gasteiger partial charge in [0.15, 0.2) is 0 Å². The number of benzene rings is 1. The van der Waals surface area contributed by atoms with Gasteiger partial charge in [0.1, 0.15) is 17.7 Å². The molecule has 1 N–H and O–H groups in total. The van der Waals surface area contributed by atoms with Crippen LogP contribution in [-0.4, -0.2) is 29.8 Å². The maximum atomic E-state index is 13.8. The molecule has 0 spiro atoms. The molecule has 3 rings (SSSR count). The number of aliphatic hydroxyl groups excluding tert-OH is 1. The third kappa shape index (κ3) is 4.00. The summed E-state index contributed by atoms with van der Waals surface area (Å²) in [6.45, 7) is 1.68. The first kappa shape index (κ1) is 17.8. The molecule has 0 amide bonds.